The highest BCUT2D eigenvalue weighted by atomic mass is 16.5. The SMILES string of the molecule is N#CC1(c2ccc(OCCCN3CCCC3)nc2)CCOCC1. The van der Waals surface area contributed by atoms with Crippen LogP contribution in [-0.4, -0.2) is 49.3 Å². The first-order valence-corrected chi connectivity index (χ1v) is 8.63. The van der Waals surface area contributed by atoms with Crippen molar-refractivity contribution in [3.8, 4) is 11.9 Å². The van der Waals surface area contributed by atoms with Crippen molar-refractivity contribution in [1.82, 2.24) is 9.88 Å². The van der Waals surface area contributed by atoms with E-state index in [0.29, 0.717) is 25.7 Å². The van der Waals surface area contributed by atoms with Gasteiger partial charge in [-0.1, -0.05) is 6.07 Å². The van der Waals surface area contributed by atoms with E-state index < -0.39 is 5.41 Å². The van der Waals surface area contributed by atoms with E-state index in [1.165, 1.54) is 25.9 Å². The van der Waals surface area contributed by atoms with E-state index in [9.17, 15) is 5.26 Å². The second-order valence-corrected chi connectivity index (χ2v) is 6.44. The summed E-state index contributed by atoms with van der Waals surface area (Å²) in [5.41, 5.74) is 0.534. The van der Waals surface area contributed by atoms with Gasteiger partial charge in [0.2, 0.25) is 5.88 Å². The Morgan fingerprint density at radius 3 is 2.70 bits per heavy atom. The molecule has 2 fully saturated rings. The van der Waals surface area contributed by atoms with Crippen LogP contribution in [0, 0.1) is 11.3 Å². The Morgan fingerprint density at radius 2 is 2.04 bits per heavy atom. The second-order valence-electron chi connectivity index (χ2n) is 6.44. The minimum atomic E-state index is -0.445. The van der Waals surface area contributed by atoms with Crippen molar-refractivity contribution in [2.45, 2.75) is 37.5 Å². The summed E-state index contributed by atoms with van der Waals surface area (Å²) < 4.78 is 11.1. The van der Waals surface area contributed by atoms with Crippen molar-refractivity contribution in [2.24, 2.45) is 0 Å². The highest BCUT2D eigenvalue weighted by Crippen LogP contribution is 2.34. The minimum Gasteiger partial charge on any atom is -0.478 e. The third kappa shape index (κ3) is 4.01. The highest BCUT2D eigenvalue weighted by molar-refractivity contribution is 5.32. The van der Waals surface area contributed by atoms with E-state index in [4.69, 9.17) is 9.47 Å². The monoisotopic (exact) mass is 315 g/mol. The number of nitriles is 1. The van der Waals surface area contributed by atoms with E-state index in [1.54, 1.807) is 6.20 Å². The number of rotatable bonds is 6. The van der Waals surface area contributed by atoms with Gasteiger partial charge < -0.3 is 14.4 Å². The lowest BCUT2D eigenvalue weighted by molar-refractivity contribution is 0.0674. The molecule has 1 aromatic heterocycles. The molecule has 2 saturated heterocycles. The van der Waals surface area contributed by atoms with Crippen LogP contribution in [0.25, 0.3) is 0 Å². The predicted octanol–water partition coefficient (Wildman–Crippen LogP) is 2.52. The smallest absolute Gasteiger partial charge is 0.213 e. The molecule has 0 amide bonds. The van der Waals surface area contributed by atoms with Crippen molar-refractivity contribution < 1.29 is 9.47 Å². The minimum absolute atomic E-state index is 0.445. The molecule has 0 atom stereocenters. The van der Waals surface area contributed by atoms with Gasteiger partial charge in [0.1, 0.15) is 0 Å². The fraction of sp³-hybridized carbons (Fsp3) is 0.667. The molecule has 0 radical (unpaired) electrons. The van der Waals surface area contributed by atoms with Crippen LogP contribution in [-0.2, 0) is 10.2 Å². The lowest BCUT2D eigenvalue weighted by Crippen LogP contribution is -2.32. The van der Waals surface area contributed by atoms with Gasteiger partial charge in [0.25, 0.3) is 0 Å². The lowest BCUT2D eigenvalue weighted by atomic mass is 9.76. The molecule has 2 aliphatic rings. The van der Waals surface area contributed by atoms with Crippen LogP contribution in [0.2, 0.25) is 0 Å². The van der Waals surface area contributed by atoms with E-state index in [0.717, 1.165) is 31.4 Å². The molecule has 2 aliphatic heterocycles. The van der Waals surface area contributed by atoms with Gasteiger partial charge >= 0.3 is 0 Å². The maximum Gasteiger partial charge on any atom is 0.213 e. The third-order valence-corrected chi connectivity index (χ3v) is 4.92. The zero-order valence-electron chi connectivity index (χ0n) is 13.7. The van der Waals surface area contributed by atoms with Gasteiger partial charge in [-0.2, -0.15) is 5.26 Å². The largest absolute Gasteiger partial charge is 0.478 e. The van der Waals surface area contributed by atoms with Gasteiger partial charge in [-0.3, -0.25) is 0 Å². The molecule has 3 heterocycles. The zero-order chi connectivity index (χ0) is 16.0. The molecule has 0 aromatic carbocycles. The van der Waals surface area contributed by atoms with Crippen molar-refractivity contribution in [2.75, 3.05) is 39.5 Å². The van der Waals surface area contributed by atoms with Gasteiger partial charge in [0.05, 0.1) is 18.1 Å². The maximum absolute atomic E-state index is 9.57. The fourth-order valence-corrected chi connectivity index (χ4v) is 3.40. The lowest BCUT2D eigenvalue weighted by Gasteiger charge is -2.30. The number of aromatic nitrogens is 1. The summed E-state index contributed by atoms with van der Waals surface area (Å²) in [5.74, 6) is 0.648. The van der Waals surface area contributed by atoms with E-state index in [1.807, 2.05) is 12.1 Å². The topological polar surface area (TPSA) is 58.4 Å². The molecular weight excluding hydrogens is 290 g/mol. The van der Waals surface area contributed by atoms with Gasteiger partial charge in [-0.15, -0.1) is 0 Å². The van der Waals surface area contributed by atoms with Crippen LogP contribution < -0.4 is 4.74 Å². The Kier molecular flexibility index (Phi) is 5.47. The first-order chi connectivity index (χ1) is 11.3. The molecule has 124 valence electrons. The van der Waals surface area contributed by atoms with Crippen LogP contribution in [0.5, 0.6) is 5.88 Å². The van der Waals surface area contributed by atoms with Crippen LogP contribution >= 0.6 is 0 Å². The molecule has 5 heteroatoms. The average molecular weight is 315 g/mol. The fourth-order valence-electron chi connectivity index (χ4n) is 3.40. The molecule has 1 aromatic rings. The molecular formula is C18H25N3O2. The standard InChI is InChI=1S/C18H25N3O2/c19-15-18(6-12-22-13-7-18)16-4-5-17(20-14-16)23-11-3-10-21-8-1-2-9-21/h4-5,14H,1-3,6-13H2. The molecule has 0 saturated carbocycles. The summed E-state index contributed by atoms with van der Waals surface area (Å²) >= 11 is 0. The summed E-state index contributed by atoms with van der Waals surface area (Å²) in [6.07, 6.45) is 6.96. The summed E-state index contributed by atoms with van der Waals surface area (Å²) in [7, 11) is 0. The van der Waals surface area contributed by atoms with Crippen molar-refractivity contribution in [3.05, 3.63) is 23.9 Å². The Morgan fingerprint density at radius 1 is 1.26 bits per heavy atom. The summed E-state index contributed by atoms with van der Waals surface area (Å²) in [5, 5.41) is 9.57. The third-order valence-electron chi connectivity index (χ3n) is 4.92. The van der Waals surface area contributed by atoms with Gasteiger partial charge in [0, 0.05) is 32.0 Å². The van der Waals surface area contributed by atoms with Gasteiger partial charge in [-0.25, -0.2) is 4.98 Å². The molecule has 0 aliphatic carbocycles. The Labute approximate surface area is 138 Å². The van der Waals surface area contributed by atoms with Crippen LogP contribution in [0.15, 0.2) is 18.3 Å². The molecule has 23 heavy (non-hydrogen) atoms. The number of ether oxygens (including phenoxy) is 2. The molecule has 5 nitrogen and oxygen atoms in total. The highest BCUT2D eigenvalue weighted by Gasteiger charge is 2.34. The summed E-state index contributed by atoms with van der Waals surface area (Å²) in [6.45, 7) is 5.54. The molecule has 0 spiro atoms. The van der Waals surface area contributed by atoms with Crippen molar-refractivity contribution >= 4 is 0 Å². The second kappa shape index (κ2) is 7.76. The molecule has 0 unspecified atom stereocenters. The van der Waals surface area contributed by atoms with Gasteiger partial charge in [-0.05, 0) is 50.8 Å². The van der Waals surface area contributed by atoms with E-state index >= 15 is 0 Å². The van der Waals surface area contributed by atoms with E-state index in [2.05, 4.69) is 16.0 Å². The molecule has 0 N–H and O–H groups in total. The Bertz CT molecular complexity index is 526. The van der Waals surface area contributed by atoms with Crippen LogP contribution in [0.4, 0.5) is 0 Å². The first kappa shape index (κ1) is 16.2. The van der Waals surface area contributed by atoms with Crippen LogP contribution in [0.1, 0.15) is 37.7 Å². The Hall–Kier alpha value is -1.64. The van der Waals surface area contributed by atoms with Crippen molar-refractivity contribution in [1.29, 1.82) is 5.26 Å². The number of hydrogen-bond acceptors (Lipinski definition) is 5. The average Bonchev–Trinajstić information content (AvgIpc) is 3.13. The predicted molar refractivity (Wildman–Crippen MR) is 87.4 cm³/mol. The molecule has 3 rings (SSSR count). The zero-order valence-corrected chi connectivity index (χ0v) is 13.7. The normalized spacial score (nSPS) is 21.0. The van der Waals surface area contributed by atoms with E-state index in [-0.39, 0.29) is 0 Å². The number of pyridine rings is 1. The summed E-state index contributed by atoms with van der Waals surface area (Å²) in [4.78, 5) is 6.88. The Balaban J connectivity index is 1.49. The maximum atomic E-state index is 9.57. The number of hydrogen-bond donors (Lipinski definition) is 0. The summed E-state index contributed by atoms with van der Waals surface area (Å²) in [6, 6.07) is 6.34. The van der Waals surface area contributed by atoms with Crippen molar-refractivity contribution in [3.63, 3.8) is 0 Å². The quantitative estimate of drug-likeness (QED) is 0.755. The van der Waals surface area contributed by atoms with Crippen LogP contribution in [0.3, 0.4) is 0 Å². The number of nitrogens with zero attached hydrogens (tertiary/aromatic N) is 3. The first-order valence-electron chi connectivity index (χ1n) is 8.63. The van der Waals surface area contributed by atoms with Gasteiger partial charge in [0.15, 0.2) is 0 Å². The molecule has 0 bridgehead atoms. The number of likely N-dealkylation sites (tertiary alicyclic amines) is 1.